The number of aliphatic hydroxyl groups is 1. The topological polar surface area (TPSA) is 46.2 Å². The number of halogens is 2. The van der Waals surface area contributed by atoms with Crippen LogP contribution in [0.15, 0.2) is 18.2 Å². The molecular formula is C14H19Cl2NO. The van der Waals surface area contributed by atoms with Crippen molar-refractivity contribution in [2.45, 2.75) is 44.2 Å². The molecule has 0 bridgehead atoms. The van der Waals surface area contributed by atoms with Crippen molar-refractivity contribution < 1.29 is 5.11 Å². The summed E-state index contributed by atoms with van der Waals surface area (Å²) >= 11 is 12.1. The largest absolute Gasteiger partial charge is 0.391 e. The van der Waals surface area contributed by atoms with E-state index in [0.29, 0.717) is 10.0 Å². The summed E-state index contributed by atoms with van der Waals surface area (Å²) in [6.45, 7) is 0. The molecule has 1 fully saturated rings. The average Bonchev–Trinajstić information content (AvgIpc) is 2.41. The molecule has 18 heavy (non-hydrogen) atoms. The first-order valence-corrected chi connectivity index (χ1v) is 7.24. The molecule has 2 atom stereocenters. The number of rotatable bonds is 3. The van der Waals surface area contributed by atoms with E-state index in [2.05, 4.69) is 0 Å². The Balaban J connectivity index is 2.14. The van der Waals surface area contributed by atoms with Crippen molar-refractivity contribution >= 4 is 23.2 Å². The van der Waals surface area contributed by atoms with Crippen LogP contribution in [0, 0.1) is 5.92 Å². The van der Waals surface area contributed by atoms with E-state index in [4.69, 9.17) is 28.9 Å². The van der Waals surface area contributed by atoms with Crippen molar-refractivity contribution in [1.82, 2.24) is 0 Å². The van der Waals surface area contributed by atoms with Gasteiger partial charge in [-0.15, -0.1) is 0 Å². The summed E-state index contributed by atoms with van der Waals surface area (Å²) in [5, 5.41) is 11.3. The third-order valence-corrected chi connectivity index (χ3v) is 4.67. The van der Waals surface area contributed by atoms with E-state index in [9.17, 15) is 5.11 Å². The van der Waals surface area contributed by atoms with Crippen LogP contribution in [0.1, 0.15) is 43.7 Å². The minimum absolute atomic E-state index is 0.281. The van der Waals surface area contributed by atoms with Gasteiger partial charge in [-0.3, -0.25) is 0 Å². The van der Waals surface area contributed by atoms with Crippen LogP contribution in [0.5, 0.6) is 0 Å². The van der Waals surface area contributed by atoms with Gasteiger partial charge in [-0.05, 0) is 30.4 Å². The summed E-state index contributed by atoms with van der Waals surface area (Å²) in [5.41, 5.74) is 6.88. The number of benzene rings is 1. The number of hydrogen-bond donors (Lipinski definition) is 2. The highest BCUT2D eigenvalue weighted by atomic mass is 35.5. The van der Waals surface area contributed by atoms with E-state index in [1.54, 1.807) is 6.07 Å². The van der Waals surface area contributed by atoms with Gasteiger partial charge in [0.15, 0.2) is 0 Å². The molecule has 0 radical (unpaired) electrons. The Morgan fingerprint density at radius 2 is 1.83 bits per heavy atom. The van der Waals surface area contributed by atoms with E-state index in [0.717, 1.165) is 18.4 Å². The van der Waals surface area contributed by atoms with Crippen LogP contribution in [-0.2, 0) is 0 Å². The lowest BCUT2D eigenvalue weighted by molar-refractivity contribution is 0.0618. The van der Waals surface area contributed by atoms with Gasteiger partial charge in [-0.25, -0.2) is 0 Å². The maximum absolute atomic E-state index is 10.4. The van der Waals surface area contributed by atoms with E-state index in [1.165, 1.54) is 19.3 Å². The Morgan fingerprint density at radius 1 is 1.17 bits per heavy atom. The average molecular weight is 288 g/mol. The molecule has 2 rings (SSSR count). The molecule has 100 valence electrons. The predicted molar refractivity (Wildman–Crippen MR) is 76.0 cm³/mol. The van der Waals surface area contributed by atoms with Crippen LogP contribution in [-0.4, -0.2) is 11.2 Å². The molecule has 0 spiro atoms. The lowest BCUT2D eigenvalue weighted by Gasteiger charge is -2.31. The smallest absolute Gasteiger partial charge is 0.0761 e. The van der Waals surface area contributed by atoms with Gasteiger partial charge in [-0.1, -0.05) is 54.6 Å². The van der Waals surface area contributed by atoms with Crippen molar-refractivity contribution in [3.63, 3.8) is 0 Å². The monoisotopic (exact) mass is 287 g/mol. The van der Waals surface area contributed by atoms with Gasteiger partial charge >= 0.3 is 0 Å². The van der Waals surface area contributed by atoms with Crippen molar-refractivity contribution in [2.24, 2.45) is 11.7 Å². The maximum atomic E-state index is 10.4. The molecule has 0 saturated heterocycles. The lowest BCUT2D eigenvalue weighted by Crippen LogP contribution is -2.34. The number of nitrogens with two attached hydrogens (primary N) is 1. The molecule has 1 saturated carbocycles. The Labute approximate surface area is 118 Å². The van der Waals surface area contributed by atoms with Crippen molar-refractivity contribution in [3.05, 3.63) is 33.8 Å². The first-order chi connectivity index (χ1) is 8.61. The van der Waals surface area contributed by atoms with E-state index >= 15 is 0 Å². The Kier molecular flexibility index (Phi) is 4.91. The zero-order valence-corrected chi connectivity index (χ0v) is 11.8. The predicted octanol–water partition coefficient (Wildman–Crippen LogP) is 3.93. The van der Waals surface area contributed by atoms with Gasteiger partial charge in [0.05, 0.1) is 22.2 Å². The van der Waals surface area contributed by atoms with Crippen molar-refractivity contribution in [2.75, 3.05) is 0 Å². The zero-order chi connectivity index (χ0) is 13.1. The summed E-state index contributed by atoms with van der Waals surface area (Å²) < 4.78 is 0. The molecule has 3 N–H and O–H groups in total. The zero-order valence-electron chi connectivity index (χ0n) is 10.3. The molecule has 1 aliphatic rings. The Morgan fingerprint density at radius 3 is 2.50 bits per heavy atom. The van der Waals surface area contributed by atoms with E-state index in [1.807, 2.05) is 12.1 Å². The SMILES string of the molecule is N[C@@H](c1cccc(Cl)c1Cl)[C@H](O)C1CCCCC1. The van der Waals surface area contributed by atoms with Gasteiger partial charge in [0.25, 0.3) is 0 Å². The molecule has 1 aliphatic carbocycles. The normalized spacial score (nSPS) is 20.7. The fourth-order valence-electron chi connectivity index (χ4n) is 2.73. The fraction of sp³-hybridized carbons (Fsp3) is 0.571. The van der Waals surface area contributed by atoms with Crippen LogP contribution in [0.2, 0.25) is 10.0 Å². The Bertz CT molecular complexity index is 405. The molecule has 1 aromatic carbocycles. The summed E-state index contributed by atoms with van der Waals surface area (Å²) in [5.74, 6) is 0.281. The molecule has 0 aliphatic heterocycles. The van der Waals surface area contributed by atoms with Crippen LogP contribution in [0.4, 0.5) is 0 Å². The molecule has 0 heterocycles. The van der Waals surface area contributed by atoms with Gasteiger partial charge in [-0.2, -0.15) is 0 Å². The first-order valence-electron chi connectivity index (χ1n) is 6.49. The second-order valence-electron chi connectivity index (χ2n) is 5.06. The third-order valence-electron chi connectivity index (χ3n) is 3.84. The maximum Gasteiger partial charge on any atom is 0.0761 e. The van der Waals surface area contributed by atoms with Crippen LogP contribution in [0.25, 0.3) is 0 Å². The highest BCUT2D eigenvalue weighted by Gasteiger charge is 2.28. The molecular weight excluding hydrogens is 269 g/mol. The molecule has 2 nitrogen and oxygen atoms in total. The van der Waals surface area contributed by atoms with Crippen LogP contribution in [0.3, 0.4) is 0 Å². The first kappa shape index (κ1) is 14.1. The standard InChI is InChI=1S/C14H19Cl2NO/c15-11-8-4-7-10(12(11)16)13(17)14(18)9-5-2-1-3-6-9/h4,7-9,13-14,18H,1-3,5-6,17H2/t13-,14+/m0/s1. The molecule has 0 amide bonds. The summed E-state index contributed by atoms with van der Waals surface area (Å²) in [7, 11) is 0. The van der Waals surface area contributed by atoms with Crippen molar-refractivity contribution in [1.29, 1.82) is 0 Å². The van der Waals surface area contributed by atoms with Gasteiger partial charge in [0, 0.05) is 0 Å². The summed E-state index contributed by atoms with van der Waals surface area (Å²) in [6, 6.07) is 4.92. The fourth-order valence-corrected chi connectivity index (χ4v) is 3.16. The van der Waals surface area contributed by atoms with Crippen LogP contribution >= 0.6 is 23.2 Å². The highest BCUT2D eigenvalue weighted by Crippen LogP contribution is 2.35. The minimum atomic E-state index is -0.540. The third kappa shape index (κ3) is 3.00. The minimum Gasteiger partial charge on any atom is -0.391 e. The highest BCUT2D eigenvalue weighted by molar-refractivity contribution is 6.42. The van der Waals surface area contributed by atoms with Gasteiger partial charge in [0.2, 0.25) is 0 Å². The molecule has 1 aromatic rings. The second kappa shape index (κ2) is 6.25. The van der Waals surface area contributed by atoms with Gasteiger partial charge in [0.1, 0.15) is 0 Å². The van der Waals surface area contributed by atoms with Gasteiger partial charge < -0.3 is 10.8 Å². The Hall–Kier alpha value is -0.280. The quantitative estimate of drug-likeness (QED) is 0.885. The summed E-state index contributed by atoms with van der Waals surface area (Å²) in [4.78, 5) is 0. The second-order valence-corrected chi connectivity index (χ2v) is 5.84. The van der Waals surface area contributed by atoms with Crippen LogP contribution < -0.4 is 5.73 Å². The molecule has 4 heteroatoms. The molecule has 0 unspecified atom stereocenters. The van der Waals surface area contributed by atoms with Crippen molar-refractivity contribution in [3.8, 4) is 0 Å². The van der Waals surface area contributed by atoms with E-state index in [-0.39, 0.29) is 5.92 Å². The molecule has 0 aromatic heterocycles. The summed E-state index contributed by atoms with van der Waals surface area (Å²) in [6.07, 6.45) is 5.17. The lowest BCUT2D eigenvalue weighted by atomic mass is 9.81. The van der Waals surface area contributed by atoms with E-state index < -0.39 is 12.1 Å². The number of aliphatic hydroxyl groups excluding tert-OH is 1. The number of hydrogen-bond acceptors (Lipinski definition) is 2.